The van der Waals surface area contributed by atoms with Crippen molar-refractivity contribution in [2.45, 2.75) is 45.1 Å². The Morgan fingerprint density at radius 1 is 1.33 bits per heavy atom. The summed E-state index contributed by atoms with van der Waals surface area (Å²) in [4.78, 5) is 0. The molecule has 18 heavy (non-hydrogen) atoms. The van der Waals surface area contributed by atoms with Crippen LogP contribution in [0.2, 0.25) is 0 Å². The predicted molar refractivity (Wildman–Crippen MR) is 72.2 cm³/mol. The van der Waals surface area contributed by atoms with E-state index in [0.29, 0.717) is 17.9 Å². The first kappa shape index (κ1) is 12.2. The van der Waals surface area contributed by atoms with E-state index in [2.05, 4.69) is 19.2 Å². The van der Waals surface area contributed by atoms with Gasteiger partial charge in [-0.25, -0.2) is 4.39 Å². The average Bonchev–Trinajstić information content (AvgIpc) is 2.65. The standard InChI is InChI=1S/C16H22FN/c1-3-7-18-16-12(4-2)15-13-6-5-11(17)8-10(13)9-14(15)16/h5-6,8,12,14-16,18H,3-4,7,9H2,1-2H3. The molecule has 1 saturated carbocycles. The van der Waals surface area contributed by atoms with Crippen LogP contribution in [0.3, 0.4) is 0 Å². The topological polar surface area (TPSA) is 12.0 Å². The van der Waals surface area contributed by atoms with Gasteiger partial charge in [-0.05, 0) is 60.4 Å². The van der Waals surface area contributed by atoms with Crippen LogP contribution in [0.1, 0.15) is 43.7 Å². The number of hydrogen-bond donors (Lipinski definition) is 1. The molecule has 0 radical (unpaired) electrons. The first-order valence-electron chi connectivity index (χ1n) is 7.28. The highest BCUT2D eigenvalue weighted by Crippen LogP contribution is 2.56. The van der Waals surface area contributed by atoms with Crippen LogP contribution < -0.4 is 5.32 Å². The van der Waals surface area contributed by atoms with Crippen LogP contribution in [0.4, 0.5) is 4.39 Å². The van der Waals surface area contributed by atoms with Crippen LogP contribution in [0, 0.1) is 17.7 Å². The predicted octanol–water partition coefficient (Wildman–Crippen LogP) is 3.49. The Hall–Kier alpha value is -0.890. The van der Waals surface area contributed by atoms with Crippen molar-refractivity contribution in [3.63, 3.8) is 0 Å². The van der Waals surface area contributed by atoms with Gasteiger partial charge in [0.2, 0.25) is 0 Å². The summed E-state index contributed by atoms with van der Waals surface area (Å²) in [5.41, 5.74) is 2.67. The number of benzene rings is 1. The maximum atomic E-state index is 13.3. The van der Waals surface area contributed by atoms with Crippen LogP contribution in [-0.2, 0) is 6.42 Å². The Labute approximate surface area is 109 Å². The average molecular weight is 247 g/mol. The van der Waals surface area contributed by atoms with Crippen molar-refractivity contribution in [2.24, 2.45) is 11.8 Å². The Bertz CT molecular complexity index is 443. The molecule has 1 aromatic rings. The molecule has 0 saturated heterocycles. The van der Waals surface area contributed by atoms with Gasteiger partial charge in [-0.1, -0.05) is 26.3 Å². The summed E-state index contributed by atoms with van der Waals surface area (Å²) in [6.07, 6.45) is 3.47. The molecule has 1 N–H and O–H groups in total. The van der Waals surface area contributed by atoms with E-state index in [1.807, 2.05) is 6.07 Å². The zero-order chi connectivity index (χ0) is 12.7. The molecule has 2 aliphatic rings. The van der Waals surface area contributed by atoms with Crippen LogP contribution in [0.25, 0.3) is 0 Å². The third kappa shape index (κ3) is 1.70. The molecule has 0 aliphatic heterocycles. The lowest BCUT2D eigenvalue weighted by molar-refractivity contribution is 0.0797. The smallest absolute Gasteiger partial charge is 0.123 e. The van der Waals surface area contributed by atoms with E-state index in [9.17, 15) is 4.39 Å². The Kier molecular flexibility index (Phi) is 3.14. The van der Waals surface area contributed by atoms with Gasteiger partial charge in [-0.2, -0.15) is 0 Å². The monoisotopic (exact) mass is 247 g/mol. The fourth-order valence-electron chi connectivity index (χ4n) is 4.10. The van der Waals surface area contributed by atoms with E-state index in [-0.39, 0.29) is 5.82 Å². The lowest BCUT2D eigenvalue weighted by Gasteiger charge is -2.50. The lowest BCUT2D eigenvalue weighted by atomic mass is 9.60. The van der Waals surface area contributed by atoms with E-state index >= 15 is 0 Å². The molecule has 3 rings (SSSR count). The van der Waals surface area contributed by atoms with Gasteiger partial charge in [0.05, 0.1) is 0 Å². The molecule has 0 amide bonds. The summed E-state index contributed by atoms with van der Waals surface area (Å²) in [5, 5.41) is 3.70. The molecule has 1 nitrogen and oxygen atoms in total. The number of fused-ring (bicyclic) bond motifs is 3. The molecule has 0 aromatic heterocycles. The molecule has 98 valence electrons. The molecule has 0 bridgehead atoms. The molecule has 4 atom stereocenters. The van der Waals surface area contributed by atoms with Crippen LogP contribution >= 0.6 is 0 Å². The maximum Gasteiger partial charge on any atom is 0.123 e. The van der Waals surface area contributed by atoms with Crippen LogP contribution in [-0.4, -0.2) is 12.6 Å². The van der Waals surface area contributed by atoms with Crippen molar-refractivity contribution in [2.75, 3.05) is 6.54 Å². The van der Waals surface area contributed by atoms with E-state index in [0.717, 1.165) is 18.9 Å². The zero-order valence-electron chi connectivity index (χ0n) is 11.2. The second-order valence-electron chi connectivity index (χ2n) is 5.79. The van der Waals surface area contributed by atoms with E-state index in [4.69, 9.17) is 0 Å². The maximum absolute atomic E-state index is 13.3. The summed E-state index contributed by atoms with van der Waals surface area (Å²) in [6, 6.07) is 6.04. The summed E-state index contributed by atoms with van der Waals surface area (Å²) < 4.78 is 13.3. The highest BCUT2D eigenvalue weighted by molar-refractivity contribution is 5.41. The first-order valence-corrected chi connectivity index (χ1v) is 7.28. The number of rotatable bonds is 4. The second kappa shape index (κ2) is 4.65. The highest BCUT2D eigenvalue weighted by Gasteiger charge is 2.53. The molecule has 0 heterocycles. The third-order valence-electron chi connectivity index (χ3n) is 4.87. The first-order chi connectivity index (χ1) is 8.76. The Balaban J connectivity index is 1.82. The Morgan fingerprint density at radius 2 is 2.17 bits per heavy atom. The fraction of sp³-hybridized carbons (Fsp3) is 0.625. The minimum atomic E-state index is -0.0823. The molecule has 1 fully saturated rings. The number of hydrogen-bond acceptors (Lipinski definition) is 1. The number of halogens is 1. The molecular formula is C16H22FN. The van der Waals surface area contributed by atoms with Crippen molar-refractivity contribution < 1.29 is 4.39 Å². The molecule has 2 heteroatoms. The molecular weight excluding hydrogens is 225 g/mol. The van der Waals surface area contributed by atoms with Crippen LogP contribution in [0.15, 0.2) is 18.2 Å². The van der Waals surface area contributed by atoms with E-state index < -0.39 is 0 Å². The van der Waals surface area contributed by atoms with Crippen molar-refractivity contribution in [3.05, 3.63) is 35.1 Å². The van der Waals surface area contributed by atoms with Crippen LogP contribution in [0.5, 0.6) is 0 Å². The second-order valence-corrected chi connectivity index (χ2v) is 5.79. The Morgan fingerprint density at radius 3 is 2.89 bits per heavy atom. The van der Waals surface area contributed by atoms with Gasteiger partial charge in [0.15, 0.2) is 0 Å². The number of nitrogens with one attached hydrogen (secondary N) is 1. The molecule has 4 unspecified atom stereocenters. The van der Waals surface area contributed by atoms with Gasteiger partial charge in [-0.15, -0.1) is 0 Å². The highest BCUT2D eigenvalue weighted by atomic mass is 19.1. The van der Waals surface area contributed by atoms with Crippen molar-refractivity contribution >= 4 is 0 Å². The quantitative estimate of drug-likeness (QED) is 0.859. The van der Waals surface area contributed by atoms with Gasteiger partial charge in [-0.3, -0.25) is 0 Å². The molecule has 1 aromatic carbocycles. The third-order valence-corrected chi connectivity index (χ3v) is 4.87. The van der Waals surface area contributed by atoms with Crippen molar-refractivity contribution in [1.82, 2.24) is 5.32 Å². The van der Waals surface area contributed by atoms with Gasteiger partial charge < -0.3 is 5.32 Å². The summed E-state index contributed by atoms with van der Waals surface area (Å²) in [7, 11) is 0. The van der Waals surface area contributed by atoms with Gasteiger partial charge in [0.1, 0.15) is 5.82 Å². The van der Waals surface area contributed by atoms with Gasteiger partial charge in [0, 0.05) is 6.04 Å². The zero-order valence-corrected chi connectivity index (χ0v) is 11.2. The summed E-state index contributed by atoms with van der Waals surface area (Å²) in [6.45, 7) is 5.60. The fourth-order valence-corrected chi connectivity index (χ4v) is 4.10. The van der Waals surface area contributed by atoms with Crippen molar-refractivity contribution in [3.8, 4) is 0 Å². The summed E-state index contributed by atoms with van der Waals surface area (Å²) >= 11 is 0. The summed E-state index contributed by atoms with van der Waals surface area (Å²) in [5.74, 6) is 2.05. The largest absolute Gasteiger partial charge is 0.313 e. The SMILES string of the molecule is CCCNC1C(CC)C2c3ccc(F)cc3CC12. The molecule has 2 aliphatic carbocycles. The molecule has 0 spiro atoms. The lowest BCUT2D eigenvalue weighted by Crippen LogP contribution is -2.55. The normalized spacial score (nSPS) is 32.8. The van der Waals surface area contributed by atoms with Gasteiger partial charge >= 0.3 is 0 Å². The van der Waals surface area contributed by atoms with Crippen molar-refractivity contribution in [1.29, 1.82) is 0 Å². The minimum absolute atomic E-state index is 0.0823. The minimum Gasteiger partial charge on any atom is -0.313 e. The van der Waals surface area contributed by atoms with Gasteiger partial charge in [0.25, 0.3) is 0 Å². The van der Waals surface area contributed by atoms with E-state index in [1.54, 1.807) is 12.1 Å². The van der Waals surface area contributed by atoms with E-state index in [1.165, 1.54) is 24.0 Å².